The van der Waals surface area contributed by atoms with E-state index in [-0.39, 0.29) is 18.7 Å². The fraction of sp³-hybridized carbons (Fsp3) is 0.727. The van der Waals surface area contributed by atoms with E-state index in [0.717, 1.165) is 19.3 Å². The van der Waals surface area contributed by atoms with Crippen molar-refractivity contribution in [3.05, 3.63) is 0 Å². The van der Waals surface area contributed by atoms with Crippen LogP contribution in [0.5, 0.6) is 0 Å². The zero-order chi connectivity index (χ0) is 13.1. The van der Waals surface area contributed by atoms with Gasteiger partial charge in [-0.25, -0.2) is 4.79 Å². The molecule has 0 aromatic rings. The Morgan fingerprint density at radius 2 is 2.06 bits per heavy atom. The first-order chi connectivity index (χ1) is 8.11. The quantitative estimate of drug-likeness (QED) is 0.380. The molecule has 0 bridgehead atoms. The van der Waals surface area contributed by atoms with E-state index in [9.17, 15) is 14.4 Å². The lowest BCUT2D eigenvalue weighted by molar-refractivity contribution is -0.140. The third-order valence-corrected chi connectivity index (χ3v) is 2.33. The third kappa shape index (κ3) is 8.24. The van der Waals surface area contributed by atoms with Gasteiger partial charge in [-0.05, 0) is 12.8 Å². The predicted molar refractivity (Wildman–Crippen MR) is 62.4 cm³/mol. The molecule has 0 aromatic heterocycles. The Kier molecular flexibility index (Phi) is 8.72. The summed E-state index contributed by atoms with van der Waals surface area (Å²) < 4.78 is 0. The molecule has 3 N–H and O–H groups in total. The lowest BCUT2D eigenvalue weighted by Gasteiger charge is -2.10. The molecule has 0 saturated heterocycles. The fourth-order valence-corrected chi connectivity index (χ4v) is 1.33. The van der Waals surface area contributed by atoms with Crippen LogP contribution >= 0.6 is 0 Å². The van der Waals surface area contributed by atoms with Gasteiger partial charge in [-0.1, -0.05) is 19.8 Å². The smallest absolute Gasteiger partial charge is 0.326 e. The van der Waals surface area contributed by atoms with E-state index >= 15 is 0 Å². The summed E-state index contributed by atoms with van der Waals surface area (Å²) in [7, 11) is 0. The van der Waals surface area contributed by atoms with E-state index in [1.807, 2.05) is 0 Å². The molecule has 0 saturated carbocycles. The molecule has 6 nitrogen and oxygen atoms in total. The van der Waals surface area contributed by atoms with Gasteiger partial charge >= 0.3 is 5.97 Å². The van der Waals surface area contributed by atoms with Gasteiger partial charge < -0.3 is 15.7 Å². The molecule has 0 radical (unpaired) electrons. The first-order valence-electron chi connectivity index (χ1n) is 5.81. The van der Waals surface area contributed by atoms with Gasteiger partial charge in [0.25, 0.3) is 0 Å². The van der Waals surface area contributed by atoms with E-state index in [2.05, 4.69) is 17.6 Å². The monoisotopic (exact) mass is 244 g/mol. The summed E-state index contributed by atoms with van der Waals surface area (Å²) in [6.07, 6.45) is 3.61. The fourth-order valence-electron chi connectivity index (χ4n) is 1.33. The van der Waals surface area contributed by atoms with Gasteiger partial charge in [-0.2, -0.15) is 0 Å². The van der Waals surface area contributed by atoms with Crippen LogP contribution in [0.25, 0.3) is 0 Å². The van der Waals surface area contributed by atoms with E-state index in [1.165, 1.54) is 0 Å². The summed E-state index contributed by atoms with van der Waals surface area (Å²) in [6, 6.07) is -0.992. The van der Waals surface area contributed by atoms with Crippen molar-refractivity contribution in [2.75, 3.05) is 6.54 Å². The molecule has 17 heavy (non-hydrogen) atoms. The highest BCUT2D eigenvalue weighted by molar-refractivity contribution is 5.79. The summed E-state index contributed by atoms with van der Waals surface area (Å²) >= 11 is 0. The summed E-state index contributed by atoms with van der Waals surface area (Å²) in [5.41, 5.74) is 0. The van der Waals surface area contributed by atoms with E-state index < -0.39 is 12.0 Å². The Hall–Kier alpha value is -1.59. The molecule has 6 heteroatoms. The van der Waals surface area contributed by atoms with Crippen LogP contribution in [0.15, 0.2) is 0 Å². The highest BCUT2D eigenvalue weighted by atomic mass is 16.4. The molecule has 0 aliphatic rings. The number of hydrogen-bond acceptors (Lipinski definition) is 3. The molecule has 0 spiro atoms. The first-order valence-corrected chi connectivity index (χ1v) is 5.81. The number of carboxylic acid groups (broad SMARTS) is 1. The normalized spacial score (nSPS) is 11.6. The number of carboxylic acids is 1. The van der Waals surface area contributed by atoms with E-state index in [0.29, 0.717) is 13.0 Å². The van der Waals surface area contributed by atoms with Crippen LogP contribution < -0.4 is 10.6 Å². The topological polar surface area (TPSA) is 95.5 Å². The minimum Gasteiger partial charge on any atom is -0.480 e. The molecule has 1 unspecified atom stereocenters. The second kappa shape index (κ2) is 9.62. The lowest BCUT2D eigenvalue weighted by Crippen LogP contribution is -2.37. The number of amides is 2. The highest BCUT2D eigenvalue weighted by Crippen LogP contribution is 1.98. The molecule has 0 aliphatic carbocycles. The number of carbonyl (C=O) groups is 3. The minimum absolute atomic E-state index is 0.101. The molecule has 98 valence electrons. The maximum Gasteiger partial charge on any atom is 0.326 e. The third-order valence-electron chi connectivity index (χ3n) is 2.33. The van der Waals surface area contributed by atoms with Crippen molar-refractivity contribution in [3.63, 3.8) is 0 Å². The van der Waals surface area contributed by atoms with Gasteiger partial charge in [0.15, 0.2) is 0 Å². The zero-order valence-electron chi connectivity index (χ0n) is 10.1. The van der Waals surface area contributed by atoms with Crippen LogP contribution in [-0.4, -0.2) is 36.0 Å². The molecular weight excluding hydrogens is 224 g/mol. The van der Waals surface area contributed by atoms with Crippen LogP contribution in [0.1, 0.15) is 39.0 Å². The summed E-state index contributed by atoms with van der Waals surface area (Å²) in [5.74, 6) is -1.31. The van der Waals surface area contributed by atoms with Gasteiger partial charge in [-0.15, -0.1) is 0 Å². The van der Waals surface area contributed by atoms with Crippen molar-refractivity contribution in [2.45, 2.75) is 45.1 Å². The number of nitrogens with one attached hydrogen (secondary N) is 2. The second-order valence-electron chi connectivity index (χ2n) is 3.77. The minimum atomic E-state index is -1.13. The van der Waals surface area contributed by atoms with Crippen molar-refractivity contribution in [1.29, 1.82) is 0 Å². The Bertz CT molecular complexity index is 256. The molecular formula is C11H20N2O4. The first kappa shape index (κ1) is 15.4. The summed E-state index contributed by atoms with van der Waals surface area (Å²) in [6.45, 7) is 2.69. The van der Waals surface area contributed by atoms with Crippen LogP contribution in [0.3, 0.4) is 0 Å². The van der Waals surface area contributed by atoms with Crippen LogP contribution in [0.4, 0.5) is 0 Å². The Morgan fingerprint density at radius 1 is 1.35 bits per heavy atom. The number of unbranched alkanes of at least 4 members (excludes halogenated alkanes) is 2. The number of rotatable bonds is 10. The number of carbonyl (C=O) groups excluding carboxylic acids is 2. The van der Waals surface area contributed by atoms with Crippen molar-refractivity contribution < 1.29 is 19.5 Å². The average Bonchev–Trinajstić information content (AvgIpc) is 2.29. The predicted octanol–water partition coefficient (Wildman–Crippen LogP) is 0.272. The highest BCUT2D eigenvalue weighted by Gasteiger charge is 2.17. The van der Waals surface area contributed by atoms with Gasteiger partial charge in [0.1, 0.15) is 6.04 Å². The number of aliphatic carboxylic acids is 1. The molecule has 0 fully saturated rings. The molecule has 0 rings (SSSR count). The maximum absolute atomic E-state index is 11.3. The zero-order valence-corrected chi connectivity index (χ0v) is 10.1. The lowest BCUT2D eigenvalue weighted by atomic mass is 10.1. The van der Waals surface area contributed by atoms with Gasteiger partial charge in [-0.3, -0.25) is 9.59 Å². The molecule has 1 atom stereocenters. The Morgan fingerprint density at radius 3 is 2.59 bits per heavy atom. The van der Waals surface area contributed by atoms with E-state index in [4.69, 9.17) is 5.11 Å². The van der Waals surface area contributed by atoms with Crippen molar-refractivity contribution in [1.82, 2.24) is 10.6 Å². The van der Waals surface area contributed by atoms with Crippen LogP contribution in [-0.2, 0) is 14.4 Å². The molecule has 0 aromatic carbocycles. The SMILES string of the molecule is CCCCCNC(=O)CCC(NC=O)C(=O)O. The molecule has 2 amide bonds. The van der Waals surface area contributed by atoms with Crippen molar-refractivity contribution in [3.8, 4) is 0 Å². The van der Waals surface area contributed by atoms with Crippen LogP contribution in [0, 0.1) is 0 Å². The van der Waals surface area contributed by atoms with Gasteiger partial charge in [0, 0.05) is 13.0 Å². The molecule has 0 heterocycles. The summed E-state index contributed by atoms with van der Waals surface area (Å²) in [5, 5.41) is 13.6. The van der Waals surface area contributed by atoms with Crippen molar-refractivity contribution in [2.24, 2.45) is 0 Å². The number of hydrogen-bond donors (Lipinski definition) is 3. The largest absolute Gasteiger partial charge is 0.480 e. The Labute approximate surface area is 101 Å². The standard InChI is InChI=1S/C11H20N2O4/c1-2-3-4-7-12-10(15)6-5-9(11(16)17)13-8-14/h8-9H,2-7H2,1H3,(H,12,15)(H,13,14)(H,16,17). The maximum atomic E-state index is 11.3. The average molecular weight is 244 g/mol. The van der Waals surface area contributed by atoms with Gasteiger partial charge in [0.05, 0.1) is 0 Å². The molecule has 0 aliphatic heterocycles. The second-order valence-corrected chi connectivity index (χ2v) is 3.77. The Balaban J connectivity index is 3.72. The van der Waals surface area contributed by atoms with E-state index in [1.54, 1.807) is 0 Å². The van der Waals surface area contributed by atoms with Gasteiger partial charge in [0.2, 0.25) is 12.3 Å². The van der Waals surface area contributed by atoms with Crippen LogP contribution in [0.2, 0.25) is 0 Å². The van der Waals surface area contributed by atoms with Crippen molar-refractivity contribution >= 4 is 18.3 Å². The summed E-state index contributed by atoms with van der Waals surface area (Å²) in [4.78, 5) is 32.1.